The van der Waals surface area contributed by atoms with Gasteiger partial charge in [-0.05, 0) is 56.6 Å². The molecule has 1 aliphatic carbocycles. The molecule has 1 aromatic heterocycles. The third-order valence-electron chi connectivity index (χ3n) is 4.44. The molecule has 1 aromatic rings. The Morgan fingerprint density at radius 2 is 1.91 bits per heavy atom. The first-order chi connectivity index (χ1) is 10.2. The van der Waals surface area contributed by atoms with E-state index < -0.39 is 0 Å². The van der Waals surface area contributed by atoms with E-state index in [9.17, 15) is 0 Å². The van der Waals surface area contributed by atoms with E-state index in [1.165, 1.54) is 25.7 Å². The average Bonchev–Trinajstić information content (AvgIpc) is 2.87. The van der Waals surface area contributed by atoms with Gasteiger partial charge in [0.15, 0.2) is 17.3 Å². The fourth-order valence-electron chi connectivity index (χ4n) is 3.19. The van der Waals surface area contributed by atoms with E-state index >= 15 is 0 Å². The maximum absolute atomic E-state index is 4.55. The summed E-state index contributed by atoms with van der Waals surface area (Å²) in [6, 6.07) is 3.73. The van der Waals surface area contributed by atoms with Gasteiger partial charge < -0.3 is 10.5 Å². The largest absolute Gasteiger partial charge is 1.00 e. The standard InChI is InChI=1S/C15H21N5S.Cu/c1-11(14-3-2-8-16-18-14)17-19-15(21)20-9-12-4-5-13(10-20)7-6-12;/h2-3,8,12-13H,4-7,9-10H2,1H3,(H,18,19,21);/q;+1. The van der Waals surface area contributed by atoms with Crippen LogP contribution < -0.4 is 0 Å². The topological polar surface area (TPSA) is 55.5 Å². The predicted octanol–water partition coefficient (Wildman–Crippen LogP) is 2.06. The molecule has 1 saturated carbocycles. The van der Waals surface area contributed by atoms with Crippen molar-refractivity contribution < 1.29 is 17.1 Å². The molecule has 0 N–H and O–H groups in total. The van der Waals surface area contributed by atoms with Crippen LogP contribution in [0.25, 0.3) is 5.43 Å². The fourth-order valence-corrected chi connectivity index (χ4v) is 3.39. The van der Waals surface area contributed by atoms with Gasteiger partial charge in [0.1, 0.15) is 5.69 Å². The molecular weight excluding hydrogens is 346 g/mol. The molecule has 0 amide bonds. The van der Waals surface area contributed by atoms with Crippen LogP contribution in [0.2, 0.25) is 0 Å². The monoisotopic (exact) mass is 366 g/mol. The fraction of sp³-hybridized carbons (Fsp3) is 0.600. The minimum absolute atomic E-state index is 0. The summed E-state index contributed by atoms with van der Waals surface area (Å²) in [5.74, 6) is 1.59. The Kier molecular flexibility index (Phi) is 6.44. The van der Waals surface area contributed by atoms with Crippen molar-refractivity contribution in [2.75, 3.05) is 13.1 Å². The maximum atomic E-state index is 4.55. The maximum Gasteiger partial charge on any atom is 1.00 e. The number of thiol groups is 1. The summed E-state index contributed by atoms with van der Waals surface area (Å²) in [6.45, 7) is 4.03. The van der Waals surface area contributed by atoms with Gasteiger partial charge in [0.25, 0.3) is 0 Å². The Morgan fingerprint density at radius 1 is 1.27 bits per heavy atom. The SMILES string of the molecule is CC(=N[N-]C(=[SH+])N1CC2CCC(CC2)C1)c1cccnn1.[Cu+]. The van der Waals surface area contributed by atoms with Gasteiger partial charge in [-0.3, -0.25) is 0 Å². The molecular formula is C15H21CuN5S+. The zero-order valence-corrected chi connectivity index (χ0v) is 14.5. The molecule has 22 heavy (non-hydrogen) atoms. The number of aromatic nitrogens is 2. The van der Waals surface area contributed by atoms with Gasteiger partial charge in [0, 0.05) is 25.0 Å². The Morgan fingerprint density at radius 3 is 2.45 bits per heavy atom. The van der Waals surface area contributed by atoms with Crippen LogP contribution in [0.15, 0.2) is 23.4 Å². The van der Waals surface area contributed by atoms with Crippen LogP contribution in [0.1, 0.15) is 38.3 Å². The molecule has 3 heterocycles. The second-order valence-electron chi connectivity index (χ2n) is 5.99. The zero-order valence-electron chi connectivity index (χ0n) is 12.6. The number of rotatable bonds is 2. The van der Waals surface area contributed by atoms with Gasteiger partial charge in [-0.1, -0.05) is 0 Å². The summed E-state index contributed by atoms with van der Waals surface area (Å²) < 4.78 is 0. The smallest absolute Gasteiger partial charge is 0.515 e. The minimum Gasteiger partial charge on any atom is -0.515 e. The van der Waals surface area contributed by atoms with Crippen molar-refractivity contribution >= 4 is 23.0 Å². The van der Waals surface area contributed by atoms with E-state index in [0.717, 1.165) is 41.4 Å². The molecule has 3 aliphatic rings. The summed E-state index contributed by atoms with van der Waals surface area (Å²) in [5.41, 5.74) is 5.79. The Balaban J connectivity index is 0.00000176. The van der Waals surface area contributed by atoms with E-state index in [1.807, 2.05) is 19.1 Å². The molecule has 4 rings (SSSR count). The summed E-state index contributed by atoms with van der Waals surface area (Å²) in [6.07, 6.45) is 7.06. The van der Waals surface area contributed by atoms with Crippen molar-refractivity contribution in [3.8, 4) is 0 Å². The molecule has 2 aliphatic heterocycles. The van der Waals surface area contributed by atoms with Crippen molar-refractivity contribution in [3.63, 3.8) is 0 Å². The minimum atomic E-state index is 0. The summed E-state index contributed by atoms with van der Waals surface area (Å²) in [4.78, 5) is 2.28. The van der Waals surface area contributed by atoms with Crippen LogP contribution in [0, 0.1) is 11.8 Å². The van der Waals surface area contributed by atoms with Gasteiger partial charge in [0.05, 0.1) is 0 Å². The number of fused-ring (bicyclic) bond motifs is 4. The second kappa shape index (κ2) is 8.11. The van der Waals surface area contributed by atoms with Gasteiger partial charge in [-0.25, -0.2) is 4.90 Å². The van der Waals surface area contributed by atoms with Crippen LogP contribution in [-0.2, 0) is 29.3 Å². The van der Waals surface area contributed by atoms with Crippen LogP contribution >= 0.6 is 0 Å². The van der Waals surface area contributed by atoms with Crippen molar-refractivity contribution in [1.82, 2.24) is 15.1 Å². The molecule has 122 valence electrons. The second-order valence-corrected chi connectivity index (χ2v) is 6.39. The Labute approximate surface area is 147 Å². The van der Waals surface area contributed by atoms with E-state index in [2.05, 4.69) is 37.8 Å². The average molecular weight is 367 g/mol. The first kappa shape index (κ1) is 17.5. The van der Waals surface area contributed by atoms with E-state index in [1.54, 1.807) is 6.20 Å². The first-order valence-electron chi connectivity index (χ1n) is 7.56. The van der Waals surface area contributed by atoms with Crippen molar-refractivity contribution in [1.29, 1.82) is 0 Å². The molecule has 0 spiro atoms. The third kappa shape index (κ3) is 4.32. The van der Waals surface area contributed by atoms with Gasteiger partial charge in [0.2, 0.25) is 0 Å². The molecule has 0 unspecified atom stereocenters. The quantitative estimate of drug-likeness (QED) is 0.201. The summed E-state index contributed by atoms with van der Waals surface area (Å²) >= 11 is 4.55. The predicted molar refractivity (Wildman–Crippen MR) is 88.4 cm³/mol. The summed E-state index contributed by atoms with van der Waals surface area (Å²) in [5, 5.41) is 12.9. The molecule has 5 nitrogen and oxygen atoms in total. The first-order valence-corrected chi connectivity index (χ1v) is 8.01. The molecule has 7 heteroatoms. The molecule has 0 atom stereocenters. The molecule has 2 saturated heterocycles. The van der Waals surface area contributed by atoms with Crippen LogP contribution in [0.4, 0.5) is 0 Å². The van der Waals surface area contributed by atoms with Crippen LogP contribution in [-0.4, -0.2) is 39.0 Å². The zero-order chi connectivity index (χ0) is 14.7. The van der Waals surface area contributed by atoms with Crippen molar-refractivity contribution in [3.05, 3.63) is 29.4 Å². The van der Waals surface area contributed by atoms with E-state index in [-0.39, 0.29) is 17.1 Å². The van der Waals surface area contributed by atoms with E-state index in [0.29, 0.717) is 0 Å². The third-order valence-corrected chi connectivity index (χ3v) is 4.81. The number of hydrogen-bond acceptors (Lipinski definition) is 3. The molecule has 2 bridgehead atoms. The van der Waals surface area contributed by atoms with Crippen molar-refractivity contribution in [2.24, 2.45) is 16.9 Å². The molecule has 0 radical (unpaired) electrons. The number of hydrogen-bond donors (Lipinski definition) is 0. The van der Waals surface area contributed by atoms with Crippen LogP contribution in [0.3, 0.4) is 0 Å². The van der Waals surface area contributed by atoms with Gasteiger partial charge in [-0.15, -0.1) is 5.10 Å². The molecule has 3 fully saturated rings. The van der Waals surface area contributed by atoms with Gasteiger partial charge >= 0.3 is 17.1 Å². The normalized spacial score (nSPS) is 25.2. The Bertz CT molecular complexity index is 514. The summed E-state index contributed by atoms with van der Waals surface area (Å²) in [7, 11) is 0. The van der Waals surface area contributed by atoms with E-state index in [4.69, 9.17) is 0 Å². The van der Waals surface area contributed by atoms with Crippen LogP contribution in [0.5, 0.6) is 0 Å². The Hall–Kier alpha value is -0.881. The molecule has 0 aromatic carbocycles. The van der Waals surface area contributed by atoms with Gasteiger partial charge in [-0.2, -0.15) is 5.10 Å². The van der Waals surface area contributed by atoms with Crippen molar-refractivity contribution in [2.45, 2.75) is 32.6 Å². The number of nitrogens with zero attached hydrogens (tertiary/aromatic N) is 5.